The van der Waals surface area contributed by atoms with Gasteiger partial charge in [-0.3, -0.25) is 9.59 Å². The summed E-state index contributed by atoms with van der Waals surface area (Å²) in [4.78, 5) is 26.1. The lowest BCUT2D eigenvalue weighted by molar-refractivity contribution is -0.113. The number of benzene rings is 2. The van der Waals surface area contributed by atoms with E-state index >= 15 is 0 Å². The Kier molecular flexibility index (Phi) is 4.57. The first-order chi connectivity index (χ1) is 11.6. The summed E-state index contributed by atoms with van der Waals surface area (Å²) < 4.78 is 5.33. The maximum atomic E-state index is 12.5. The number of hydrogen-bond donors (Lipinski definition) is 1. The van der Waals surface area contributed by atoms with E-state index in [2.05, 4.69) is 0 Å². The van der Waals surface area contributed by atoms with E-state index in [0.717, 1.165) is 16.7 Å². The second-order valence-corrected chi connectivity index (χ2v) is 5.97. The van der Waals surface area contributed by atoms with Crippen LogP contribution in [0.3, 0.4) is 0 Å². The van der Waals surface area contributed by atoms with Gasteiger partial charge in [0.25, 0.3) is 11.1 Å². The number of aromatic hydroxyl groups is 1. The van der Waals surface area contributed by atoms with Gasteiger partial charge >= 0.3 is 0 Å². The predicted octanol–water partition coefficient (Wildman–Crippen LogP) is 4.03. The SMILES string of the molecule is CCOc1cccc(/C=C2\SC(=O)N(c3ccccc3)C2=O)c1O. The van der Waals surface area contributed by atoms with Gasteiger partial charge in [-0.25, -0.2) is 4.90 Å². The summed E-state index contributed by atoms with van der Waals surface area (Å²) in [6.45, 7) is 2.23. The maximum absolute atomic E-state index is 12.5. The number of ether oxygens (including phenoxy) is 1. The molecule has 1 aliphatic heterocycles. The second kappa shape index (κ2) is 6.80. The van der Waals surface area contributed by atoms with E-state index in [9.17, 15) is 14.7 Å². The lowest BCUT2D eigenvalue weighted by Crippen LogP contribution is -2.27. The molecule has 24 heavy (non-hydrogen) atoms. The van der Waals surface area contributed by atoms with Crippen LogP contribution in [0.1, 0.15) is 12.5 Å². The first-order valence-electron chi connectivity index (χ1n) is 7.39. The molecule has 122 valence electrons. The average Bonchev–Trinajstić information content (AvgIpc) is 2.86. The Labute approximate surface area is 143 Å². The van der Waals surface area contributed by atoms with Gasteiger partial charge in [0.2, 0.25) is 0 Å². The Morgan fingerprint density at radius 3 is 2.58 bits per heavy atom. The Bertz CT molecular complexity index is 817. The van der Waals surface area contributed by atoms with Crippen molar-refractivity contribution in [3.63, 3.8) is 0 Å². The van der Waals surface area contributed by atoms with Crippen LogP contribution in [-0.4, -0.2) is 22.9 Å². The molecule has 0 spiro atoms. The highest BCUT2D eigenvalue weighted by Crippen LogP contribution is 2.38. The standard InChI is InChI=1S/C18H15NO4S/c1-2-23-14-10-6-7-12(16(14)20)11-15-17(21)19(18(22)24-15)13-8-4-3-5-9-13/h3-11,20H,2H2,1H3/b15-11-. The molecule has 1 N–H and O–H groups in total. The van der Waals surface area contributed by atoms with Gasteiger partial charge < -0.3 is 9.84 Å². The topological polar surface area (TPSA) is 66.8 Å². The molecule has 1 fully saturated rings. The lowest BCUT2D eigenvalue weighted by atomic mass is 10.1. The zero-order valence-corrected chi connectivity index (χ0v) is 13.7. The second-order valence-electron chi connectivity index (χ2n) is 4.98. The molecule has 2 aromatic rings. The van der Waals surface area contributed by atoms with Crippen molar-refractivity contribution in [2.75, 3.05) is 11.5 Å². The Balaban J connectivity index is 1.94. The van der Waals surface area contributed by atoms with E-state index in [1.807, 2.05) is 13.0 Å². The number of imide groups is 1. The van der Waals surface area contributed by atoms with Crippen molar-refractivity contribution in [1.82, 2.24) is 0 Å². The maximum Gasteiger partial charge on any atom is 0.298 e. The van der Waals surface area contributed by atoms with Gasteiger partial charge in [0.05, 0.1) is 17.2 Å². The largest absolute Gasteiger partial charge is 0.504 e. The van der Waals surface area contributed by atoms with E-state index in [0.29, 0.717) is 23.6 Å². The number of phenols is 1. The number of rotatable bonds is 4. The van der Waals surface area contributed by atoms with Gasteiger partial charge in [-0.2, -0.15) is 0 Å². The summed E-state index contributed by atoms with van der Waals surface area (Å²) in [5.41, 5.74) is 0.954. The van der Waals surface area contributed by atoms with Crippen LogP contribution in [0.25, 0.3) is 6.08 Å². The predicted molar refractivity (Wildman–Crippen MR) is 94.2 cm³/mol. The van der Waals surface area contributed by atoms with Crippen molar-refractivity contribution in [3.8, 4) is 11.5 Å². The van der Waals surface area contributed by atoms with Crippen LogP contribution in [0, 0.1) is 0 Å². The fraction of sp³-hybridized carbons (Fsp3) is 0.111. The number of nitrogens with zero attached hydrogens (tertiary/aromatic N) is 1. The fourth-order valence-electron chi connectivity index (χ4n) is 2.34. The molecule has 0 atom stereocenters. The van der Waals surface area contributed by atoms with Gasteiger partial charge in [-0.15, -0.1) is 0 Å². The average molecular weight is 341 g/mol. The van der Waals surface area contributed by atoms with Gasteiger partial charge in [0.1, 0.15) is 0 Å². The quantitative estimate of drug-likeness (QED) is 0.851. The van der Waals surface area contributed by atoms with E-state index < -0.39 is 5.91 Å². The summed E-state index contributed by atoms with van der Waals surface area (Å²) >= 11 is 0.846. The van der Waals surface area contributed by atoms with Crippen LogP contribution in [0.5, 0.6) is 11.5 Å². The molecule has 0 unspecified atom stereocenters. The molecule has 2 amide bonds. The van der Waals surface area contributed by atoms with Crippen molar-refractivity contribution in [1.29, 1.82) is 0 Å². The summed E-state index contributed by atoms with van der Waals surface area (Å²) in [5.74, 6) is -0.114. The molecule has 3 rings (SSSR count). The van der Waals surface area contributed by atoms with E-state index in [-0.39, 0.29) is 15.9 Å². The van der Waals surface area contributed by atoms with Gasteiger partial charge in [0, 0.05) is 5.56 Å². The molecular weight excluding hydrogens is 326 g/mol. The minimum Gasteiger partial charge on any atom is -0.504 e. The minimum atomic E-state index is -0.405. The van der Waals surface area contributed by atoms with Gasteiger partial charge in [-0.1, -0.05) is 30.3 Å². The minimum absolute atomic E-state index is 0.0501. The smallest absolute Gasteiger partial charge is 0.298 e. The highest BCUT2D eigenvalue weighted by molar-refractivity contribution is 8.19. The van der Waals surface area contributed by atoms with Crippen LogP contribution in [0.4, 0.5) is 10.5 Å². The van der Waals surface area contributed by atoms with E-state index in [4.69, 9.17) is 4.74 Å². The number of anilines is 1. The van der Waals surface area contributed by atoms with Gasteiger partial charge in [-0.05, 0) is 43.0 Å². The van der Waals surface area contributed by atoms with Crippen molar-refractivity contribution in [2.45, 2.75) is 6.92 Å². The molecule has 5 nitrogen and oxygen atoms in total. The number of carbonyl (C=O) groups is 2. The third-order valence-corrected chi connectivity index (χ3v) is 4.29. The fourth-order valence-corrected chi connectivity index (χ4v) is 3.17. The zero-order valence-electron chi connectivity index (χ0n) is 12.9. The number of amides is 2. The summed E-state index contributed by atoms with van der Waals surface area (Å²) in [5, 5.41) is 9.86. The van der Waals surface area contributed by atoms with Crippen LogP contribution >= 0.6 is 11.8 Å². The first-order valence-corrected chi connectivity index (χ1v) is 8.21. The molecule has 0 radical (unpaired) electrons. The zero-order chi connectivity index (χ0) is 17.1. The normalized spacial score (nSPS) is 16.0. The van der Waals surface area contributed by atoms with Crippen molar-refractivity contribution in [3.05, 3.63) is 59.0 Å². The number of hydrogen-bond acceptors (Lipinski definition) is 5. The molecule has 1 heterocycles. The third-order valence-electron chi connectivity index (χ3n) is 3.42. The molecule has 2 aromatic carbocycles. The Hall–Kier alpha value is -2.73. The number of carbonyl (C=O) groups excluding carboxylic acids is 2. The molecule has 6 heteroatoms. The lowest BCUT2D eigenvalue weighted by Gasteiger charge is -2.11. The highest BCUT2D eigenvalue weighted by atomic mass is 32.2. The molecular formula is C18H15NO4S. The molecule has 0 aliphatic carbocycles. The summed E-state index contributed by atoms with van der Waals surface area (Å²) in [7, 11) is 0. The number of thioether (sulfide) groups is 1. The molecule has 1 saturated heterocycles. The molecule has 0 saturated carbocycles. The van der Waals surface area contributed by atoms with Crippen LogP contribution in [0.2, 0.25) is 0 Å². The van der Waals surface area contributed by atoms with Crippen molar-refractivity contribution in [2.24, 2.45) is 0 Å². The van der Waals surface area contributed by atoms with E-state index in [1.54, 1.807) is 42.5 Å². The van der Waals surface area contributed by atoms with E-state index in [1.165, 1.54) is 6.08 Å². The molecule has 0 bridgehead atoms. The Morgan fingerprint density at radius 2 is 1.88 bits per heavy atom. The summed E-state index contributed by atoms with van der Waals surface area (Å²) in [6.07, 6.45) is 1.51. The highest BCUT2D eigenvalue weighted by Gasteiger charge is 2.36. The van der Waals surface area contributed by atoms with Crippen LogP contribution < -0.4 is 9.64 Å². The first kappa shape index (κ1) is 16.1. The Morgan fingerprint density at radius 1 is 1.12 bits per heavy atom. The van der Waals surface area contributed by atoms with Crippen LogP contribution in [0.15, 0.2) is 53.4 Å². The van der Waals surface area contributed by atoms with Crippen LogP contribution in [-0.2, 0) is 4.79 Å². The van der Waals surface area contributed by atoms with Crippen molar-refractivity contribution >= 4 is 34.7 Å². The third kappa shape index (κ3) is 3.00. The summed E-state index contributed by atoms with van der Waals surface area (Å²) in [6, 6.07) is 13.8. The number of para-hydroxylation sites is 2. The molecule has 1 aliphatic rings. The monoisotopic (exact) mass is 341 g/mol. The molecule has 0 aromatic heterocycles. The number of phenolic OH excluding ortho intramolecular Hbond substituents is 1. The van der Waals surface area contributed by atoms with Crippen molar-refractivity contribution < 1.29 is 19.4 Å². The van der Waals surface area contributed by atoms with Gasteiger partial charge in [0.15, 0.2) is 11.5 Å².